The molecule has 0 saturated carbocycles. The minimum absolute atomic E-state index is 0.666. The normalized spacial score (nSPS) is 11.1. The van der Waals surface area contributed by atoms with Gasteiger partial charge in [-0.05, 0) is 31.5 Å². The number of para-hydroxylation sites is 2. The number of benzene rings is 1. The summed E-state index contributed by atoms with van der Waals surface area (Å²) >= 11 is 0. The Balaban J connectivity index is 1.59. The molecule has 2 aromatic rings. The van der Waals surface area contributed by atoms with E-state index in [1.54, 1.807) is 7.11 Å². The van der Waals surface area contributed by atoms with Crippen LogP contribution in [0.4, 0.5) is 0 Å². The molecule has 0 bridgehead atoms. The molecule has 0 amide bonds. The number of hydrogen-bond donors (Lipinski definition) is 1. The average molecular weight is 289 g/mol. The number of nitrogens with one attached hydrogen (secondary N) is 1. The van der Waals surface area contributed by atoms with Gasteiger partial charge in [0.2, 0.25) is 0 Å². The summed E-state index contributed by atoms with van der Waals surface area (Å²) in [4.78, 5) is 8.98. The zero-order chi connectivity index (χ0) is 14.8. The highest BCUT2D eigenvalue weighted by atomic mass is 16.5. The number of unbranched alkanes of at least 4 members (excludes halogenated alkanes) is 1. The number of hydrogen-bond acceptors (Lipinski definition) is 5. The van der Waals surface area contributed by atoms with Crippen LogP contribution in [0.3, 0.4) is 0 Å². The fourth-order valence-corrected chi connectivity index (χ4v) is 2.00. The fourth-order valence-electron chi connectivity index (χ4n) is 2.00. The van der Waals surface area contributed by atoms with Gasteiger partial charge in [0.25, 0.3) is 0 Å². The van der Waals surface area contributed by atoms with Gasteiger partial charge in [0.15, 0.2) is 0 Å². The van der Waals surface area contributed by atoms with Crippen LogP contribution in [0.1, 0.15) is 18.5 Å². The topological polar surface area (TPSA) is 56.3 Å². The molecule has 21 heavy (non-hydrogen) atoms. The molecule has 1 heterocycles. The Bertz CT molecular complexity index is 534. The van der Waals surface area contributed by atoms with E-state index >= 15 is 0 Å². The van der Waals surface area contributed by atoms with Crippen LogP contribution in [0.25, 0.3) is 11.0 Å². The third-order valence-corrected chi connectivity index (χ3v) is 3.13. The maximum absolute atomic E-state index is 5.41. The summed E-state index contributed by atoms with van der Waals surface area (Å²) in [6.07, 6.45) is 3.98. The van der Waals surface area contributed by atoms with Gasteiger partial charge in [0.1, 0.15) is 0 Å². The molecular weight excluding hydrogens is 266 g/mol. The van der Waals surface area contributed by atoms with Crippen LogP contribution in [0, 0.1) is 0 Å². The molecule has 0 saturated heterocycles. The second-order valence-corrected chi connectivity index (χ2v) is 4.84. The number of rotatable bonds is 10. The van der Waals surface area contributed by atoms with Crippen molar-refractivity contribution in [3.8, 4) is 0 Å². The van der Waals surface area contributed by atoms with Crippen molar-refractivity contribution in [2.24, 2.45) is 0 Å². The predicted molar refractivity (Wildman–Crippen MR) is 83.2 cm³/mol. The Labute approximate surface area is 125 Å². The molecule has 0 aliphatic heterocycles. The zero-order valence-electron chi connectivity index (χ0n) is 12.5. The molecule has 0 unspecified atom stereocenters. The van der Waals surface area contributed by atoms with Gasteiger partial charge < -0.3 is 14.8 Å². The van der Waals surface area contributed by atoms with E-state index in [0.29, 0.717) is 13.2 Å². The number of methoxy groups -OCH3 is 1. The van der Waals surface area contributed by atoms with E-state index in [9.17, 15) is 0 Å². The lowest BCUT2D eigenvalue weighted by Gasteiger charge is -2.06. The van der Waals surface area contributed by atoms with Crippen molar-refractivity contribution in [3.63, 3.8) is 0 Å². The second-order valence-electron chi connectivity index (χ2n) is 4.84. The maximum Gasteiger partial charge on any atom is 0.0890 e. The third kappa shape index (κ3) is 5.75. The lowest BCUT2D eigenvalue weighted by atomic mass is 10.3. The summed E-state index contributed by atoms with van der Waals surface area (Å²) in [7, 11) is 1.68. The molecule has 0 fully saturated rings. The number of fused-ring (bicyclic) bond motifs is 1. The summed E-state index contributed by atoms with van der Waals surface area (Å²) in [6, 6.07) is 7.92. The summed E-state index contributed by atoms with van der Waals surface area (Å²) in [5, 5.41) is 3.39. The molecule has 0 aliphatic carbocycles. The van der Waals surface area contributed by atoms with Crippen molar-refractivity contribution in [1.29, 1.82) is 0 Å². The zero-order valence-corrected chi connectivity index (χ0v) is 12.5. The second kappa shape index (κ2) is 9.39. The fraction of sp³-hybridized carbons (Fsp3) is 0.500. The molecule has 5 nitrogen and oxygen atoms in total. The van der Waals surface area contributed by atoms with E-state index in [2.05, 4.69) is 15.3 Å². The number of nitrogens with zero attached hydrogens (tertiary/aromatic N) is 2. The van der Waals surface area contributed by atoms with Gasteiger partial charge in [-0.1, -0.05) is 12.1 Å². The van der Waals surface area contributed by atoms with E-state index in [4.69, 9.17) is 9.47 Å². The van der Waals surface area contributed by atoms with Gasteiger partial charge in [0.05, 0.1) is 36.1 Å². The Hall–Kier alpha value is -1.56. The van der Waals surface area contributed by atoms with E-state index in [0.717, 1.165) is 49.3 Å². The van der Waals surface area contributed by atoms with Crippen LogP contribution < -0.4 is 5.32 Å². The third-order valence-electron chi connectivity index (χ3n) is 3.13. The van der Waals surface area contributed by atoms with Gasteiger partial charge >= 0.3 is 0 Å². The molecule has 0 radical (unpaired) electrons. The van der Waals surface area contributed by atoms with Crippen LogP contribution in [0.2, 0.25) is 0 Å². The first-order chi connectivity index (χ1) is 10.4. The minimum Gasteiger partial charge on any atom is -0.382 e. The smallest absolute Gasteiger partial charge is 0.0890 e. The molecule has 0 spiro atoms. The molecule has 1 aromatic heterocycles. The van der Waals surface area contributed by atoms with E-state index in [-0.39, 0.29) is 0 Å². The van der Waals surface area contributed by atoms with Gasteiger partial charge in [-0.25, -0.2) is 4.98 Å². The highest BCUT2D eigenvalue weighted by Gasteiger charge is 1.98. The van der Waals surface area contributed by atoms with Gasteiger partial charge in [0, 0.05) is 20.3 Å². The highest BCUT2D eigenvalue weighted by Crippen LogP contribution is 2.08. The predicted octanol–water partition coefficient (Wildman–Crippen LogP) is 2.16. The summed E-state index contributed by atoms with van der Waals surface area (Å²) in [5.41, 5.74) is 2.86. The molecule has 1 N–H and O–H groups in total. The Morgan fingerprint density at radius 3 is 2.76 bits per heavy atom. The largest absolute Gasteiger partial charge is 0.382 e. The van der Waals surface area contributed by atoms with Crippen LogP contribution in [-0.4, -0.2) is 43.4 Å². The van der Waals surface area contributed by atoms with E-state index < -0.39 is 0 Å². The van der Waals surface area contributed by atoms with E-state index in [1.807, 2.05) is 30.5 Å². The molecule has 114 valence electrons. The van der Waals surface area contributed by atoms with E-state index in [1.165, 1.54) is 0 Å². The first-order valence-corrected chi connectivity index (χ1v) is 7.38. The van der Waals surface area contributed by atoms with Gasteiger partial charge in [-0.3, -0.25) is 4.98 Å². The molecule has 0 aliphatic rings. The van der Waals surface area contributed by atoms with Crippen molar-refractivity contribution in [2.75, 3.05) is 33.5 Å². The Kier molecular flexibility index (Phi) is 7.07. The quantitative estimate of drug-likeness (QED) is 0.679. The number of aromatic nitrogens is 2. The lowest BCUT2D eigenvalue weighted by molar-refractivity contribution is 0.0688. The molecule has 2 rings (SSSR count). The molecule has 5 heteroatoms. The van der Waals surface area contributed by atoms with Gasteiger partial charge in [-0.15, -0.1) is 0 Å². The van der Waals surface area contributed by atoms with Crippen LogP contribution in [0.15, 0.2) is 30.5 Å². The first kappa shape index (κ1) is 15.8. The Morgan fingerprint density at radius 2 is 1.90 bits per heavy atom. The SMILES string of the molecule is COCCOCCCCNCc1cnc2ccccc2n1. The molecule has 0 atom stereocenters. The lowest BCUT2D eigenvalue weighted by Crippen LogP contribution is -2.16. The summed E-state index contributed by atoms with van der Waals surface area (Å²) in [5.74, 6) is 0. The minimum atomic E-state index is 0.666. The van der Waals surface area contributed by atoms with Crippen molar-refractivity contribution in [3.05, 3.63) is 36.2 Å². The Morgan fingerprint density at radius 1 is 1.05 bits per heavy atom. The summed E-state index contributed by atoms with van der Waals surface area (Å²) < 4.78 is 10.3. The van der Waals surface area contributed by atoms with Crippen molar-refractivity contribution < 1.29 is 9.47 Å². The monoisotopic (exact) mass is 289 g/mol. The van der Waals surface area contributed by atoms with Crippen molar-refractivity contribution in [2.45, 2.75) is 19.4 Å². The standard InChI is InChI=1S/C16H23N3O2/c1-20-10-11-21-9-5-4-8-17-12-14-13-18-15-6-2-3-7-16(15)19-14/h2-3,6-7,13,17H,4-5,8-12H2,1H3. The van der Waals surface area contributed by atoms with Crippen LogP contribution in [-0.2, 0) is 16.0 Å². The van der Waals surface area contributed by atoms with Gasteiger partial charge in [-0.2, -0.15) is 0 Å². The maximum atomic E-state index is 5.41. The first-order valence-electron chi connectivity index (χ1n) is 7.38. The highest BCUT2D eigenvalue weighted by molar-refractivity contribution is 5.73. The number of ether oxygens (including phenoxy) is 2. The molecule has 1 aromatic carbocycles. The summed E-state index contributed by atoms with van der Waals surface area (Å²) in [6.45, 7) is 3.85. The average Bonchev–Trinajstić information content (AvgIpc) is 2.53. The molecular formula is C16H23N3O2. The van der Waals surface area contributed by atoms with Crippen LogP contribution in [0.5, 0.6) is 0 Å². The van der Waals surface area contributed by atoms with Crippen molar-refractivity contribution >= 4 is 11.0 Å². The van der Waals surface area contributed by atoms with Crippen molar-refractivity contribution in [1.82, 2.24) is 15.3 Å². The van der Waals surface area contributed by atoms with Crippen LogP contribution >= 0.6 is 0 Å².